The summed E-state index contributed by atoms with van der Waals surface area (Å²) in [6.45, 7) is 7.65. The van der Waals surface area contributed by atoms with Crippen LogP contribution >= 0.6 is 0 Å². The molecule has 0 aliphatic carbocycles. The number of pyridine rings is 1. The van der Waals surface area contributed by atoms with Gasteiger partial charge in [0.2, 0.25) is 0 Å². The van der Waals surface area contributed by atoms with E-state index in [1.54, 1.807) is 0 Å². The van der Waals surface area contributed by atoms with Crippen molar-refractivity contribution in [2.24, 2.45) is 0 Å². The quantitative estimate of drug-likeness (QED) is 0.138. The van der Waals surface area contributed by atoms with Gasteiger partial charge in [-0.15, -0.1) is 0 Å². The molecule has 0 N–H and O–H groups in total. The van der Waals surface area contributed by atoms with Gasteiger partial charge in [-0.2, -0.15) is 0 Å². The Morgan fingerprint density at radius 2 is 0.961 bits per heavy atom. The van der Waals surface area contributed by atoms with Gasteiger partial charge >= 0.3 is 0 Å². The fourth-order valence-electron chi connectivity index (χ4n) is 7.87. The number of hydrogen-bond acceptors (Lipinski definition) is 1. The zero-order valence-electron chi connectivity index (χ0n) is 27.6. The minimum atomic E-state index is 0.633. The maximum absolute atomic E-state index is 7.65. The summed E-state index contributed by atoms with van der Waals surface area (Å²) in [7, 11) is 0. The third kappa shape index (κ3) is 4.62. The van der Waals surface area contributed by atoms with Crippen LogP contribution in [0.4, 0.5) is 5.69 Å². The number of nitrogens with zero attached hydrogens (tertiary/aromatic N) is 3. The van der Waals surface area contributed by atoms with Crippen molar-refractivity contribution >= 4 is 59.8 Å². The van der Waals surface area contributed by atoms with E-state index in [4.69, 9.17) is 11.6 Å². The van der Waals surface area contributed by atoms with E-state index in [2.05, 4.69) is 161 Å². The van der Waals surface area contributed by atoms with Crippen molar-refractivity contribution < 1.29 is 0 Å². The first-order chi connectivity index (χ1) is 25.2. The predicted molar refractivity (Wildman–Crippen MR) is 214 cm³/mol. The van der Waals surface area contributed by atoms with Gasteiger partial charge in [0.15, 0.2) is 5.69 Å². The Labute approximate surface area is 295 Å². The second-order valence-electron chi connectivity index (χ2n) is 13.0. The molecule has 0 saturated heterocycles. The van der Waals surface area contributed by atoms with Gasteiger partial charge < -0.3 is 4.57 Å². The van der Waals surface area contributed by atoms with Gasteiger partial charge in [-0.3, -0.25) is 4.98 Å². The second kappa shape index (κ2) is 11.6. The van der Waals surface area contributed by atoms with Crippen LogP contribution in [0, 0.1) is 6.57 Å². The Morgan fingerprint density at radius 3 is 1.59 bits per heavy atom. The monoisotopic (exact) mass is 647 g/mol. The first kappa shape index (κ1) is 28.9. The molecule has 0 bridgehead atoms. The lowest BCUT2D eigenvalue weighted by Crippen LogP contribution is -1.93. The standard InChI is InChI=1S/C48H29N3/c1-49-34-22-25-48-45(27-34)44-26-32(21-24-47(44)51(48)35-14-6-3-7-15-35)46-23-20-33(30-50-46)41-29-43-38-18-10-8-16-36(38)40(31-12-4-2-5-13-31)28-42(43)39-19-11-9-17-37(39)41/h2-30H. The average molecular weight is 648 g/mol. The molecule has 3 heteroatoms. The maximum Gasteiger partial charge on any atom is 0.188 e. The topological polar surface area (TPSA) is 22.2 Å². The van der Waals surface area contributed by atoms with E-state index < -0.39 is 0 Å². The number of para-hydroxylation sites is 1. The fraction of sp³-hybridized carbons (Fsp3) is 0. The van der Waals surface area contributed by atoms with Crippen molar-refractivity contribution in [1.82, 2.24) is 9.55 Å². The van der Waals surface area contributed by atoms with Crippen molar-refractivity contribution in [3.05, 3.63) is 187 Å². The molecular formula is C48H29N3. The third-order valence-corrected chi connectivity index (χ3v) is 10.2. The lowest BCUT2D eigenvalue weighted by molar-refractivity contribution is 1.18. The SMILES string of the molecule is [C-]#[N+]c1ccc2c(c1)c1cc(-c3ccc(-c4cc5c6ccccc6c(-c6ccccc6)cc5c5ccccc45)cn3)ccc1n2-c1ccccc1. The van der Waals surface area contributed by atoms with Gasteiger partial charge in [-0.25, -0.2) is 4.85 Å². The third-order valence-electron chi connectivity index (χ3n) is 10.2. The minimum Gasteiger partial charge on any atom is -0.309 e. The molecule has 2 heterocycles. The summed E-state index contributed by atoms with van der Waals surface area (Å²) in [5.74, 6) is 0. The van der Waals surface area contributed by atoms with Gasteiger partial charge in [-0.05, 0) is 109 Å². The summed E-state index contributed by atoms with van der Waals surface area (Å²) in [6, 6.07) is 60.1. The number of benzene rings is 8. The zero-order valence-corrected chi connectivity index (χ0v) is 27.6. The number of aromatic nitrogens is 2. The summed E-state index contributed by atoms with van der Waals surface area (Å²) in [5.41, 5.74) is 10.6. The predicted octanol–water partition coefficient (Wildman–Crippen LogP) is 13.2. The molecule has 236 valence electrons. The smallest absolute Gasteiger partial charge is 0.188 e. The Kier molecular flexibility index (Phi) is 6.56. The fourth-order valence-corrected chi connectivity index (χ4v) is 7.87. The summed E-state index contributed by atoms with van der Waals surface area (Å²) in [5, 5.41) is 9.59. The van der Waals surface area contributed by atoms with Gasteiger partial charge in [-0.1, -0.05) is 115 Å². The molecular weight excluding hydrogens is 619 g/mol. The van der Waals surface area contributed by atoms with Crippen LogP contribution in [0.15, 0.2) is 176 Å². The molecule has 0 radical (unpaired) electrons. The molecule has 0 amide bonds. The van der Waals surface area contributed by atoms with Gasteiger partial charge in [0.1, 0.15) is 0 Å². The van der Waals surface area contributed by atoms with Crippen molar-refractivity contribution in [2.75, 3.05) is 0 Å². The van der Waals surface area contributed by atoms with E-state index in [-0.39, 0.29) is 0 Å². The zero-order chi connectivity index (χ0) is 33.9. The van der Waals surface area contributed by atoms with E-state index in [1.807, 2.05) is 24.4 Å². The average Bonchev–Trinajstić information content (AvgIpc) is 3.54. The molecule has 0 fully saturated rings. The van der Waals surface area contributed by atoms with Crippen molar-refractivity contribution in [3.63, 3.8) is 0 Å². The molecule has 3 nitrogen and oxygen atoms in total. The molecule has 0 atom stereocenters. The Bertz CT molecular complexity index is 3000. The van der Waals surface area contributed by atoms with Crippen LogP contribution < -0.4 is 0 Å². The van der Waals surface area contributed by atoms with Gasteiger partial charge in [0.25, 0.3) is 0 Å². The van der Waals surface area contributed by atoms with Crippen molar-refractivity contribution in [1.29, 1.82) is 0 Å². The summed E-state index contributed by atoms with van der Waals surface area (Å²) < 4.78 is 2.27. The molecule has 2 aromatic heterocycles. The summed E-state index contributed by atoms with van der Waals surface area (Å²) >= 11 is 0. The lowest BCUT2D eigenvalue weighted by Gasteiger charge is -2.16. The number of fused-ring (bicyclic) bond motifs is 8. The highest BCUT2D eigenvalue weighted by Gasteiger charge is 2.17. The van der Waals surface area contributed by atoms with Gasteiger partial charge in [0, 0.05) is 28.4 Å². The van der Waals surface area contributed by atoms with Crippen LogP contribution in [0.3, 0.4) is 0 Å². The van der Waals surface area contributed by atoms with E-state index >= 15 is 0 Å². The minimum absolute atomic E-state index is 0.633. The van der Waals surface area contributed by atoms with Gasteiger partial charge in [0.05, 0.1) is 23.3 Å². The first-order valence-corrected chi connectivity index (χ1v) is 17.2. The highest BCUT2D eigenvalue weighted by atomic mass is 15.0. The normalized spacial score (nSPS) is 11.5. The van der Waals surface area contributed by atoms with Crippen LogP contribution in [-0.2, 0) is 0 Å². The number of rotatable bonds is 4. The van der Waals surface area contributed by atoms with Crippen LogP contribution in [-0.4, -0.2) is 9.55 Å². The molecule has 8 aromatic carbocycles. The number of hydrogen-bond donors (Lipinski definition) is 0. The van der Waals surface area contributed by atoms with Crippen molar-refractivity contribution in [3.8, 4) is 39.2 Å². The Hall–Kier alpha value is -7.02. The summed E-state index contributed by atoms with van der Waals surface area (Å²) in [6.07, 6.45) is 2.01. The second-order valence-corrected chi connectivity index (χ2v) is 13.0. The molecule has 0 aliphatic rings. The summed E-state index contributed by atoms with van der Waals surface area (Å²) in [4.78, 5) is 8.79. The van der Waals surface area contributed by atoms with E-state index in [0.29, 0.717) is 5.69 Å². The Balaban J connectivity index is 1.13. The highest BCUT2D eigenvalue weighted by Crippen LogP contribution is 2.42. The molecule has 0 saturated carbocycles. The molecule has 0 unspecified atom stereocenters. The van der Waals surface area contributed by atoms with Crippen molar-refractivity contribution in [2.45, 2.75) is 0 Å². The molecule has 10 rings (SSSR count). The van der Waals surface area contributed by atoms with E-state index in [1.165, 1.54) is 49.0 Å². The molecule has 51 heavy (non-hydrogen) atoms. The van der Waals surface area contributed by atoms with E-state index in [0.717, 1.165) is 44.3 Å². The van der Waals surface area contributed by atoms with Crippen LogP contribution in [0.25, 0.3) is 98.2 Å². The molecule has 0 aliphatic heterocycles. The van der Waals surface area contributed by atoms with Crippen LogP contribution in [0.2, 0.25) is 0 Å². The molecule has 10 aromatic rings. The van der Waals surface area contributed by atoms with Crippen LogP contribution in [0.1, 0.15) is 0 Å². The van der Waals surface area contributed by atoms with E-state index in [9.17, 15) is 0 Å². The Morgan fingerprint density at radius 1 is 0.412 bits per heavy atom. The first-order valence-electron chi connectivity index (χ1n) is 17.2. The van der Waals surface area contributed by atoms with Crippen LogP contribution in [0.5, 0.6) is 0 Å². The largest absolute Gasteiger partial charge is 0.309 e. The lowest BCUT2D eigenvalue weighted by atomic mass is 9.88. The maximum atomic E-state index is 7.65. The molecule has 0 spiro atoms. The highest BCUT2D eigenvalue weighted by molar-refractivity contribution is 6.23.